The van der Waals surface area contributed by atoms with Crippen molar-refractivity contribution in [2.45, 2.75) is 19.9 Å². The summed E-state index contributed by atoms with van der Waals surface area (Å²) in [5.41, 5.74) is 1.74. The predicted molar refractivity (Wildman–Crippen MR) is 97.6 cm³/mol. The molecule has 0 atom stereocenters. The number of halogens is 1. The van der Waals surface area contributed by atoms with Gasteiger partial charge in [0, 0.05) is 13.1 Å². The van der Waals surface area contributed by atoms with Crippen LogP contribution in [-0.4, -0.2) is 31.3 Å². The highest BCUT2D eigenvalue weighted by atomic mass is 19.1. The van der Waals surface area contributed by atoms with E-state index in [1.807, 2.05) is 19.1 Å². The zero-order valence-electron chi connectivity index (χ0n) is 14.6. The van der Waals surface area contributed by atoms with Crippen molar-refractivity contribution in [3.63, 3.8) is 0 Å². The molecular formula is C19H24FN3O2. The molecule has 2 aromatic carbocycles. The van der Waals surface area contributed by atoms with Crippen LogP contribution in [0.15, 0.2) is 47.5 Å². The molecule has 6 heteroatoms. The van der Waals surface area contributed by atoms with Crippen LogP contribution in [0, 0.1) is 5.82 Å². The molecule has 5 nitrogen and oxygen atoms in total. The first kappa shape index (κ1) is 18.6. The SMILES string of the molecule is CCNC(=NCc1ccc(F)cc1)NCCc1cccc(OC)c1O. The minimum Gasteiger partial charge on any atom is -0.504 e. The first-order chi connectivity index (χ1) is 12.1. The van der Waals surface area contributed by atoms with Crippen LogP contribution in [0.2, 0.25) is 0 Å². The van der Waals surface area contributed by atoms with E-state index in [1.54, 1.807) is 18.2 Å². The number of para-hydroxylation sites is 1. The minimum atomic E-state index is -0.254. The third-order valence-corrected chi connectivity index (χ3v) is 3.67. The van der Waals surface area contributed by atoms with Gasteiger partial charge >= 0.3 is 0 Å². The van der Waals surface area contributed by atoms with Crippen molar-refractivity contribution in [1.29, 1.82) is 0 Å². The standard InChI is InChI=1S/C19H24FN3O2/c1-3-21-19(23-13-14-7-9-16(20)10-8-14)22-12-11-15-5-4-6-17(25-2)18(15)24/h4-10,24H,3,11-13H2,1-2H3,(H2,21,22,23). The molecule has 0 bridgehead atoms. The number of ether oxygens (including phenoxy) is 1. The van der Waals surface area contributed by atoms with Crippen molar-refractivity contribution in [2.24, 2.45) is 4.99 Å². The Kier molecular flexibility index (Phi) is 7.07. The summed E-state index contributed by atoms with van der Waals surface area (Å²) in [5, 5.41) is 16.5. The number of hydrogen-bond donors (Lipinski definition) is 3. The highest BCUT2D eigenvalue weighted by molar-refractivity contribution is 5.79. The van der Waals surface area contributed by atoms with Gasteiger partial charge in [-0.05, 0) is 42.7 Å². The maximum absolute atomic E-state index is 12.9. The lowest BCUT2D eigenvalue weighted by atomic mass is 10.1. The Balaban J connectivity index is 1.93. The summed E-state index contributed by atoms with van der Waals surface area (Å²) in [6.45, 7) is 3.79. The lowest BCUT2D eigenvalue weighted by Crippen LogP contribution is -2.38. The molecule has 2 rings (SSSR count). The van der Waals surface area contributed by atoms with E-state index < -0.39 is 0 Å². The van der Waals surface area contributed by atoms with Gasteiger partial charge in [0.2, 0.25) is 0 Å². The molecule has 0 heterocycles. The van der Waals surface area contributed by atoms with Crippen molar-refractivity contribution in [3.8, 4) is 11.5 Å². The molecule has 3 N–H and O–H groups in total. The molecule has 0 aliphatic carbocycles. The number of phenolic OH excluding ortho intramolecular Hbond substituents is 1. The Morgan fingerprint density at radius 1 is 1.16 bits per heavy atom. The molecule has 0 aliphatic rings. The van der Waals surface area contributed by atoms with E-state index >= 15 is 0 Å². The van der Waals surface area contributed by atoms with Crippen LogP contribution in [-0.2, 0) is 13.0 Å². The summed E-state index contributed by atoms with van der Waals surface area (Å²) < 4.78 is 18.0. The third kappa shape index (κ3) is 5.67. The fourth-order valence-electron chi connectivity index (χ4n) is 2.35. The number of aromatic hydroxyl groups is 1. The fraction of sp³-hybridized carbons (Fsp3) is 0.316. The molecule has 2 aromatic rings. The monoisotopic (exact) mass is 345 g/mol. The zero-order valence-corrected chi connectivity index (χ0v) is 14.6. The van der Waals surface area contributed by atoms with E-state index in [9.17, 15) is 9.50 Å². The van der Waals surface area contributed by atoms with Gasteiger partial charge in [-0.25, -0.2) is 9.38 Å². The van der Waals surface area contributed by atoms with Gasteiger partial charge in [-0.1, -0.05) is 24.3 Å². The van der Waals surface area contributed by atoms with Crippen LogP contribution in [0.4, 0.5) is 4.39 Å². The molecule has 0 fully saturated rings. The Bertz CT molecular complexity index is 702. The summed E-state index contributed by atoms with van der Waals surface area (Å²) in [7, 11) is 1.53. The highest BCUT2D eigenvalue weighted by Gasteiger charge is 2.07. The van der Waals surface area contributed by atoms with Crippen LogP contribution in [0.1, 0.15) is 18.1 Å². The maximum atomic E-state index is 12.9. The van der Waals surface area contributed by atoms with Gasteiger partial charge in [0.25, 0.3) is 0 Å². The number of nitrogens with one attached hydrogen (secondary N) is 2. The van der Waals surface area contributed by atoms with Gasteiger partial charge in [-0.2, -0.15) is 0 Å². The largest absolute Gasteiger partial charge is 0.504 e. The lowest BCUT2D eigenvalue weighted by molar-refractivity contribution is 0.370. The van der Waals surface area contributed by atoms with Gasteiger partial charge in [0.15, 0.2) is 17.5 Å². The van der Waals surface area contributed by atoms with Crippen LogP contribution in [0.3, 0.4) is 0 Å². The molecule has 134 valence electrons. The van der Waals surface area contributed by atoms with Crippen LogP contribution < -0.4 is 15.4 Å². The summed E-state index contributed by atoms with van der Waals surface area (Å²) in [6.07, 6.45) is 0.629. The second-order valence-corrected chi connectivity index (χ2v) is 5.47. The molecule has 0 amide bonds. The number of phenols is 1. The van der Waals surface area contributed by atoms with Crippen molar-refractivity contribution >= 4 is 5.96 Å². The molecule has 0 saturated heterocycles. The number of nitrogens with zero attached hydrogens (tertiary/aromatic N) is 1. The van der Waals surface area contributed by atoms with Crippen LogP contribution in [0.5, 0.6) is 11.5 Å². The molecule has 0 saturated carbocycles. The number of methoxy groups -OCH3 is 1. The van der Waals surface area contributed by atoms with Crippen LogP contribution in [0.25, 0.3) is 0 Å². The fourth-order valence-corrected chi connectivity index (χ4v) is 2.35. The van der Waals surface area contributed by atoms with Gasteiger partial charge in [0.1, 0.15) is 5.82 Å². The van der Waals surface area contributed by atoms with Gasteiger partial charge in [-0.15, -0.1) is 0 Å². The van der Waals surface area contributed by atoms with E-state index in [0.717, 1.165) is 17.7 Å². The maximum Gasteiger partial charge on any atom is 0.191 e. The smallest absolute Gasteiger partial charge is 0.191 e. The normalized spacial score (nSPS) is 11.2. The number of guanidine groups is 1. The highest BCUT2D eigenvalue weighted by Crippen LogP contribution is 2.29. The first-order valence-electron chi connectivity index (χ1n) is 8.25. The molecular weight excluding hydrogens is 321 g/mol. The average molecular weight is 345 g/mol. The lowest BCUT2D eigenvalue weighted by Gasteiger charge is -2.13. The van der Waals surface area contributed by atoms with E-state index in [-0.39, 0.29) is 11.6 Å². The number of aliphatic imine (C=N–C) groups is 1. The summed E-state index contributed by atoms with van der Waals surface area (Å²) in [4.78, 5) is 4.49. The first-order valence-corrected chi connectivity index (χ1v) is 8.25. The summed E-state index contributed by atoms with van der Waals surface area (Å²) in [5.74, 6) is 1.06. The average Bonchev–Trinajstić information content (AvgIpc) is 2.62. The van der Waals surface area contributed by atoms with Crippen LogP contribution >= 0.6 is 0 Å². The molecule has 0 spiro atoms. The third-order valence-electron chi connectivity index (χ3n) is 3.67. The van der Waals surface area contributed by atoms with Gasteiger partial charge < -0.3 is 20.5 Å². The molecule has 0 aliphatic heterocycles. The van der Waals surface area contributed by atoms with E-state index in [2.05, 4.69) is 15.6 Å². The quantitative estimate of drug-likeness (QED) is 0.533. The summed E-state index contributed by atoms with van der Waals surface area (Å²) >= 11 is 0. The van der Waals surface area contributed by atoms with E-state index in [0.29, 0.717) is 31.2 Å². The number of benzene rings is 2. The summed E-state index contributed by atoms with van der Waals surface area (Å²) in [6, 6.07) is 11.7. The molecule has 0 aromatic heterocycles. The topological polar surface area (TPSA) is 65.9 Å². The van der Waals surface area contributed by atoms with Crippen molar-refractivity contribution in [1.82, 2.24) is 10.6 Å². The zero-order chi connectivity index (χ0) is 18.1. The van der Waals surface area contributed by atoms with Crippen molar-refractivity contribution in [3.05, 3.63) is 59.4 Å². The Morgan fingerprint density at radius 2 is 1.92 bits per heavy atom. The Hall–Kier alpha value is -2.76. The second kappa shape index (κ2) is 9.52. The molecule has 0 radical (unpaired) electrons. The number of hydrogen-bond acceptors (Lipinski definition) is 3. The predicted octanol–water partition coefficient (Wildman–Crippen LogP) is 2.84. The van der Waals surface area contributed by atoms with Gasteiger partial charge in [0.05, 0.1) is 13.7 Å². The van der Waals surface area contributed by atoms with Crippen molar-refractivity contribution < 1.29 is 14.2 Å². The Morgan fingerprint density at radius 3 is 2.60 bits per heavy atom. The Labute approximate surface area is 147 Å². The number of rotatable bonds is 7. The van der Waals surface area contributed by atoms with E-state index in [1.165, 1.54) is 19.2 Å². The molecule has 0 unspecified atom stereocenters. The minimum absolute atomic E-state index is 0.167. The van der Waals surface area contributed by atoms with Crippen molar-refractivity contribution in [2.75, 3.05) is 20.2 Å². The molecule has 25 heavy (non-hydrogen) atoms. The van der Waals surface area contributed by atoms with E-state index in [4.69, 9.17) is 4.74 Å². The second-order valence-electron chi connectivity index (χ2n) is 5.47. The van der Waals surface area contributed by atoms with Gasteiger partial charge in [-0.3, -0.25) is 0 Å².